The molecule has 1 aliphatic heterocycles. The Kier molecular flexibility index (Phi) is 4.88. The van der Waals surface area contributed by atoms with E-state index in [1.54, 1.807) is 30.3 Å². The fraction of sp³-hybridized carbons (Fsp3) is 0.273. The molecule has 2 N–H and O–H groups in total. The number of carboxylic acid groups (broad SMARTS) is 1. The maximum atomic E-state index is 12.8. The molecule has 0 bridgehead atoms. The zero-order chi connectivity index (χ0) is 20.5. The maximum Gasteiger partial charge on any atom is 0.335 e. The van der Waals surface area contributed by atoms with Crippen LogP contribution in [-0.2, 0) is 9.59 Å². The molecular formula is C22H20N2O5. The summed E-state index contributed by atoms with van der Waals surface area (Å²) < 4.78 is 0. The zero-order valence-corrected chi connectivity index (χ0v) is 15.6. The lowest BCUT2D eigenvalue weighted by Gasteiger charge is -2.19. The van der Waals surface area contributed by atoms with Gasteiger partial charge in [-0.15, -0.1) is 0 Å². The minimum Gasteiger partial charge on any atom is -0.478 e. The van der Waals surface area contributed by atoms with Gasteiger partial charge in [-0.25, -0.2) is 4.79 Å². The van der Waals surface area contributed by atoms with Crippen LogP contribution in [0.3, 0.4) is 0 Å². The molecule has 2 aromatic rings. The number of carbonyl (C=O) groups is 4. The lowest BCUT2D eigenvalue weighted by atomic mass is 9.81. The van der Waals surface area contributed by atoms with Crippen LogP contribution in [0, 0.1) is 11.8 Å². The Morgan fingerprint density at radius 3 is 2.17 bits per heavy atom. The number of rotatable bonds is 4. The number of imide groups is 1. The van der Waals surface area contributed by atoms with E-state index in [0.717, 1.165) is 25.7 Å². The van der Waals surface area contributed by atoms with Gasteiger partial charge < -0.3 is 10.4 Å². The van der Waals surface area contributed by atoms with Crippen LogP contribution in [0.4, 0.5) is 11.4 Å². The molecule has 29 heavy (non-hydrogen) atoms. The summed E-state index contributed by atoms with van der Waals surface area (Å²) in [6.07, 6.45) is 3.36. The summed E-state index contributed by atoms with van der Waals surface area (Å²) in [4.78, 5) is 50.5. The van der Waals surface area contributed by atoms with Crippen molar-refractivity contribution in [3.63, 3.8) is 0 Å². The molecule has 3 amide bonds. The van der Waals surface area contributed by atoms with Crippen molar-refractivity contribution < 1.29 is 24.3 Å². The van der Waals surface area contributed by atoms with E-state index in [-0.39, 0.29) is 34.8 Å². The third-order valence-electron chi connectivity index (χ3n) is 5.58. The first kappa shape index (κ1) is 18.9. The van der Waals surface area contributed by atoms with E-state index in [1.807, 2.05) is 0 Å². The summed E-state index contributed by atoms with van der Waals surface area (Å²) in [5.41, 5.74) is 1.08. The molecule has 148 valence electrons. The van der Waals surface area contributed by atoms with Gasteiger partial charge in [0.15, 0.2) is 0 Å². The van der Waals surface area contributed by atoms with Crippen molar-refractivity contribution >= 4 is 35.1 Å². The predicted molar refractivity (Wildman–Crippen MR) is 106 cm³/mol. The topological polar surface area (TPSA) is 104 Å². The van der Waals surface area contributed by atoms with Gasteiger partial charge in [0.1, 0.15) is 0 Å². The molecule has 2 fully saturated rings. The number of nitrogens with one attached hydrogen (secondary N) is 1. The monoisotopic (exact) mass is 392 g/mol. The second-order valence-electron chi connectivity index (χ2n) is 7.40. The molecule has 1 heterocycles. The van der Waals surface area contributed by atoms with Crippen LogP contribution in [0.25, 0.3) is 0 Å². The minimum atomic E-state index is -1.09. The normalized spacial score (nSPS) is 21.0. The van der Waals surface area contributed by atoms with Crippen LogP contribution in [-0.4, -0.2) is 28.8 Å². The molecular weight excluding hydrogens is 372 g/mol. The lowest BCUT2D eigenvalue weighted by Crippen LogP contribution is -2.31. The van der Waals surface area contributed by atoms with Crippen LogP contribution in [0.5, 0.6) is 0 Å². The molecule has 7 heteroatoms. The molecule has 0 aromatic heterocycles. The first-order valence-electron chi connectivity index (χ1n) is 9.58. The van der Waals surface area contributed by atoms with Crippen molar-refractivity contribution in [1.29, 1.82) is 0 Å². The Hall–Kier alpha value is -3.48. The number of benzene rings is 2. The van der Waals surface area contributed by atoms with Crippen LogP contribution >= 0.6 is 0 Å². The van der Waals surface area contributed by atoms with Crippen LogP contribution in [0.15, 0.2) is 48.5 Å². The quantitative estimate of drug-likeness (QED) is 0.777. The number of anilines is 2. The Morgan fingerprint density at radius 2 is 1.52 bits per heavy atom. The van der Waals surface area contributed by atoms with Gasteiger partial charge in [0, 0.05) is 11.3 Å². The third kappa shape index (κ3) is 3.51. The summed E-state index contributed by atoms with van der Waals surface area (Å²) in [5, 5.41) is 11.7. The molecule has 7 nitrogen and oxygen atoms in total. The van der Waals surface area contributed by atoms with Gasteiger partial charge in [0.05, 0.1) is 23.1 Å². The zero-order valence-electron chi connectivity index (χ0n) is 15.6. The summed E-state index contributed by atoms with van der Waals surface area (Å²) in [7, 11) is 0. The third-order valence-corrected chi connectivity index (χ3v) is 5.58. The second-order valence-corrected chi connectivity index (χ2v) is 7.40. The van der Waals surface area contributed by atoms with Gasteiger partial charge in [-0.05, 0) is 49.2 Å². The van der Waals surface area contributed by atoms with E-state index in [1.165, 1.54) is 23.1 Å². The van der Waals surface area contributed by atoms with E-state index in [0.29, 0.717) is 11.4 Å². The Balaban J connectivity index is 1.56. The van der Waals surface area contributed by atoms with Crippen molar-refractivity contribution in [2.75, 3.05) is 10.2 Å². The first-order valence-corrected chi connectivity index (χ1v) is 9.58. The van der Waals surface area contributed by atoms with Gasteiger partial charge in [-0.3, -0.25) is 19.3 Å². The maximum absolute atomic E-state index is 12.8. The largest absolute Gasteiger partial charge is 0.478 e. The predicted octanol–water partition coefficient (Wildman–Crippen LogP) is 3.32. The number of fused-ring (bicyclic) bond motifs is 1. The van der Waals surface area contributed by atoms with Crippen molar-refractivity contribution in [3.05, 3.63) is 59.7 Å². The number of hydrogen-bond acceptors (Lipinski definition) is 4. The number of carbonyl (C=O) groups excluding carboxylic acids is 3. The average molecular weight is 392 g/mol. The van der Waals surface area contributed by atoms with Crippen molar-refractivity contribution in [3.8, 4) is 0 Å². The van der Waals surface area contributed by atoms with E-state index < -0.39 is 11.9 Å². The number of hydrogen-bond donors (Lipinski definition) is 2. The summed E-state index contributed by atoms with van der Waals surface area (Å²) in [6.45, 7) is 0. The molecule has 2 atom stereocenters. The Bertz CT molecular complexity index is 992. The molecule has 1 saturated carbocycles. The van der Waals surface area contributed by atoms with Gasteiger partial charge in [-0.1, -0.05) is 25.0 Å². The number of amides is 3. The Morgan fingerprint density at radius 1 is 0.897 bits per heavy atom. The Labute approximate surface area is 167 Å². The van der Waals surface area contributed by atoms with Crippen molar-refractivity contribution in [2.24, 2.45) is 11.8 Å². The first-order chi connectivity index (χ1) is 14.0. The van der Waals surface area contributed by atoms with Crippen LogP contribution in [0.1, 0.15) is 46.4 Å². The molecule has 0 spiro atoms. The molecule has 2 aromatic carbocycles. The summed E-state index contributed by atoms with van der Waals surface area (Å²) in [6, 6.07) is 12.3. The van der Waals surface area contributed by atoms with E-state index in [4.69, 9.17) is 5.11 Å². The van der Waals surface area contributed by atoms with Crippen LogP contribution < -0.4 is 10.2 Å². The fourth-order valence-electron chi connectivity index (χ4n) is 4.14. The molecule has 1 saturated heterocycles. The van der Waals surface area contributed by atoms with E-state index in [2.05, 4.69) is 5.32 Å². The molecule has 4 rings (SSSR count). The number of nitrogens with zero attached hydrogens (tertiary/aromatic N) is 1. The average Bonchev–Trinajstić information content (AvgIpc) is 2.99. The second kappa shape index (κ2) is 7.50. The highest BCUT2D eigenvalue weighted by Crippen LogP contribution is 2.40. The summed E-state index contributed by atoms with van der Waals surface area (Å²) in [5.74, 6) is -2.43. The summed E-state index contributed by atoms with van der Waals surface area (Å²) >= 11 is 0. The van der Waals surface area contributed by atoms with Crippen molar-refractivity contribution in [2.45, 2.75) is 25.7 Å². The highest BCUT2D eigenvalue weighted by molar-refractivity contribution is 6.22. The van der Waals surface area contributed by atoms with E-state index >= 15 is 0 Å². The number of aromatic carboxylic acids is 1. The van der Waals surface area contributed by atoms with Gasteiger partial charge in [0.25, 0.3) is 5.91 Å². The smallest absolute Gasteiger partial charge is 0.335 e. The minimum absolute atomic E-state index is 0.0624. The van der Waals surface area contributed by atoms with Gasteiger partial charge in [0.2, 0.25) is 11.8 Å². The standard InChI is InChI=1S/C22H20N2O5/c25-19(23-15-7-3-6-14(11-15)22(28)29)13-5-4-8-16(12-13)24-20(26)17-9-1-2-10-18(17)21(24)27/h3-8,11-12,17-18H,1-2,9-10H2,(H,23,25)(H,28,29)/t17-,18-/m1/s1. The SMILES string of the molecule is O=C(O)c1cccc(NC(=O)c2cccc(N3C(=O)[C@@H]4CCCC[C@H]4C3=O)c2)c1. The number of carboxylic acids is 1. The van der Waals surface area contributed by atoms with Crippen LogP contribution in [0.2, 0.25) is 0 Å². The van der Waals surface area contributed by atoms with Gasteiger partial charge >= 0.3 is 5.97 Å². The molecule has 1 aliphatic carbocycles. The lowest BCUT2D eigenvalue weighted by molar-refractivity contribution is -0.122. The highest BCUT2D eigenvalue weighted by Gasteiger charge is 2.48. The molecule has 0 unspecified atom stereocenters. The van der Waals surface area contributed by atoms with E-state index in [9.17, 15) is 19.2 Å². The highest BCUT2D eigenvalue weighted by atomic mass is 16.4. The molecule has 0 radical (unpaired) electrons. The van der Waals surface area contributed by atoms with Gasteiger partial charge in [-0.2, -0.15) is 0 Å². The molecule has 2 aliphatic rings. The fourth-order valence-corrected chi connectivity index (χ4v) is 4.14. The van der Waals surface area contributed by atoms with Crippen molar-refractivity contribution in [1.82, 2.24) is 0 Å².